The van der Waals surface area contributed by atoms with Gasteiger partial charge in [0.1, 0.15) is 0 Å². The molecule has 0 bridgehead atoms. The van der Waals surface area contributed by atoms with Crippen LogP contribution in [0.5, 0.6) is 0 Å². The van der Waals surface area contributed by atoms with Crippen molar-refractivity contribution in [2.24, 2.45) is 5.41 Å². The Bertz CT molecular complexity index is 2970. The number of aromatic nitrogens is 3. The number of thiophene rings is 1. The third kappa shape index (κ3) is 9.30. The Kier molecular flexibility index (Phi) is 10.4. The van der Waals surface area contributed by atoms with Crippen LogP contribution in [0.15, 0.2) is 152 Å². The maximum atomic E-state index is 7.28. The summed E-state index contributed by atoms with van der Waals surface area (Å²) < 4.78 is 47.3. The molecular weight excluding hydrogens is 927 g/mol. The van der Waals surface area contributed by atoms with Gasteiger partial charge in [0.15, 0.2) is 0 Å². The zero-order valence-electron chi connectivity index (χ0n) is 40.7. The molecule has 6 aromatic carbocycles. The van der Waals surface area contributed by atoms with Gasteiger partial charge in [-0.1, -0.05) is 167 Å². The molecule has 0 unspecified atom stereocenters. The minimum Gasteiger partial charge on any atom is -0.332 e. The van der Waals surface area contributed by atoms with Gasteiger partial charge >= 0.3 is 0 Å². The van der Waals surface area contributed by atoms with E-state index in [1.807, 2.05) is 0 Å². The number of rotatable bonds is 6. The van der Waals surface area contributed by atoms with Gasteiger partial charge in [-0.3, -0.25) is 16.3 Å². The average Bonchev–Trinajstić information content (AvgIpc) is 3.86. The van der Waals surface area contributed by atoms with Crippen LogP contribution in [0.1, 0.15) is 72.0 Å². The van der Waals surface area contributed by atoms with Crippen LogP contribution in [-0.4, -0.2) is 14.5 Å². The van der Waals surface area contributed by atoms with Gasteiger partial charge in [-0.05, 0) is 76.3 Å². The Morgan fingerprint density at radius 2 is 1.35 bits per heavy atom. The first-order chi connectivity index (χ1) is 30.7. The van der Waals surface area contributed by atoms with Crippen molar-refractivity contribution in [1.29, 1.82) is 0 Å². The standard InChI is InChI=1S/C42H39N2S.C13H12N.Ir/c1-41(2,3)26-28-21-22-38-34(23-28)35(27-45-38)40-43-36-19-13-14-20-37(36)44(40)39-32(29-15-9-7-10-16-29)24-31(42(4,5)6)25-33(39)30-17-11-8-12-18-30;1-10-3-6-12(7-4-10)13-8-5-11(2)9-14-13;/h7-25H,26H2,1-6H3;3-6,8-9H,1-2H3;/q2*-1;/i;1D3,2D3;. The van der Waals surface area contributed by atoms with E-state index in [0.29, 0.717) is 11.3 Å². The molecule has 3 nitrogen and oxygen atoms in total. The zero-order valence-corrected chi connectivity index (χ0v) is 37.9. The summed E-state index contributed by atoms with van der Waals surface area (Å²) in [6.45, 7) is 9.45. The Labute approximate surface area is 382 Å². The number of nitrogens with zero attached hydrogens (tertiary/aromatic N) is 3. The Morgan fingerprint density at radius 1 is 0.700 bits per heavy atom. The first-order valence-electron chi connectivity index (χ1n) is 22.9. The third-order valence-electron chi connectivity index (χ3n) is 10.3. The topological polar surface area (TPSA) is 30.7 Å². The third-order valence-corrected chi connectivity index (χ3v) is 11.2. The van der Waals surface area contributed by atoms with Crippen LogP contribution >= 0.6 is 11.3 Å². The summed E-state index contributed by atoms with van der Waals surface area (Å²) in [6.07, 6.45) is 2.31. The van der Waals surface area contributed by atoms with Gasteiger partial charge in [0, 0.05) is 45.7 Å². The predicted molar refractivity (Wildman–Crippen MR) is 251 cm³/mol. The summed E-state index contributed by atoms with van der Waals surface area (Å²) in [5.74, 6) is 0.924. The maximum absolute atomic E-state index is 7.28. The molecule has 0 amide bonds. The number of fused-ring (bicyclic) bond motifs is 2. The number of para-hydroxylation sites is 2. The van der Waals surface area contributed by atoms with E-state index in [9.17, 15) is 0 Å². The van der Waals surface area contributed by atoms with Crippen molar-refractivity contribution < 1.29 is 28.3 Å². The molecule has 9 rings (SSSR count). The molecule has 0 spiro atoms. The Morgan fingerprint density at radius 3 is 1.93 bits per heavy atom. The van der Waals surface area contributed by atoms with Crippen molar-refractivity contribution in [3.05, 3.63) is 185 Å². The summed E-state index contributed by atoms with van der Waals surface area (Å²) in [4.78, 5) is 9.44. The van der Waals surface area contributed by atoms with Crippen molar-refractivity contribution >= 4 is 32.5 Å². The summed E-state index contributed by atoms with van der Waals surface area (Å²) in [7, 11) is 0. The van der Waals surface area contributed by atoms with Crippen LogP contribution in [0.3, 0.4) is 0 Å². The first kappa shape index (κ1) is 35.3. The van der Waals surface area contributed by atoms with E-state index in [2.05, 4.69) is 178 Å². The first-order valence-corrected chi connectivity index (χ1v) is 20.8. The molecule has 0 N–H and O–H groups in total. The van der Waals surface area contributed by atoms with E-state index >= 15 is 0 Å². The predicted octanol–water partition coefficient (Wildman–Crippen LogP) is 15.1. The second kappa shape index (κ2) is 17.6. The molecule has 3 aromatic heterocycles. The van der Waals surface area contributed by atoms with Gasteiger partial charge in [0.25, 0.3) is 0 Å². The van der Waals surface area contributed by atoms with Gasteiger partial charge in [-0.25, -0.2) is 0 Å². The molecule has 303 valence electrons. The monoisotopic (exact) mass is 984 g/mol. The van der Waals surface area contributed by atoms with Crippen LogP contribution < -0.4 is 0 Å². The fourth-order valence-corrected chi connectivity index (χ4v) is 8.27. The number of hydrogen-bond donors (Lipinski definition) is 0. The number of benzene rings is 6. The molecule has 0 aliphatic heterocycles. The molecule has 0 atom stereocenters. The molecule has 9 aromatic rings. The maximum Gasteiger partial charge on any atom is 0.0774 e. The van der Waals surface area contributed by atoms with Crippen LogP contribution in [0, 0.1) is 30.6 Å². The minimum absolute atomic E-state index is 0. The number of pyridine rings is 1. The summed E-state index contributed by atoms with van der Waals surface area (Å²) in [5.41, 5.74) is 13.4. The zero-order chi connectivity index (χ0) is 46.3. The van der Waals surface area contributed by atoms with Crippen molar-refractivity contribution in [3.63, 3.8) is 0 Å². The molecule has 0 saturated heterocycles. The van der Waals surface area contributed by atoms with Crippen LogP contribution in [0.4, 0.5) is 0 Å². The summed E-state index contributed by atoms with van der Waals surface area (Å²) >= 11 is 1.68. The van der Waals surface area contributed by atoms with E-state index in [1.165, 1.54) is 67.9 Å². The molecule has 1 radical (unpaired) electrons. The Balaban J connectivity index is 0.000000260. The second-order valence-electron chi connectivity index (χ2n) is 17.2. The largest absolute Gasteiger partial charge is 0.332 e. The van der Waals surface area contributed by atoms with Crippen molar-refractivity contribution in [3.8, 4) is 50.6 Å². The van der Waals surface area contributed by atoms with E-state index in [0.717, 1.165) is 34.5 Å². The van der Waals surface area contributed by atoms with Crippen molar-refractivity contribution in [1.82, 2.24) is 14.5 Å². The van der Waals surface area contributed by atoms with Gasteiger partial charge in [0.05, 0.1) is 22.5 Å². The molecular formula is C55H51IrN3S-2. The number of hydrogen-bond acceptors (Lipinski definition) is 3. The average molecular weight is 984 g/mol. The van der Waals surface area contributed by atoms with Gasteiger partial charge in [-0.2, -0.15) is 0 Å². The van der Waals surface area contributed by atoms with Gasteiger partial charge in [0.2, 0.25) is 0 Å². The fourth-order valence-electron chi connectivity index (χ4n) is 7.45. The molecule has 3 heterocycles. The second-order valence-corrected chi connectivity index (χ2v) is 18.1. The van der Waals surface area contributed by atoms with E-state index in [4.69, 9.17) is 13.2 Å². The molecule has 0 fully saturated rings. The SMILES string of the molecule is CC(C)(C)Cc1ccc2s[c-]c(-c3nc4ccccc4n3-c3c(-c4ccccc4)cc(C(C)(C)C)cc3-c3ccccc3)c2c1.[2H]C([2H])([2H])c1c[c-]c(-c2ccc(C([2H])([2H])[2H])cn2)cc1.[Ir]. The van der Waals surface area contributed by atoms with E-state index < -0.39 is 13.7 Å². The molecule has 0 saturated carbocycles. The molecule has 5 heteroatoms. The normalized spacial score (nSPS) is 13.5. The van der Waals surface area contributed by atoms with Crippen molar-refractivity contribution in [2.75, 3.05) is 0 Å². The van der Waals surface area contributed by atoms with Crippen LogP contribution in [0.2, 0.25) is 0 Å². The number of aryl methyl sites for hydroxylation is 2. The van der Waals surface area contributed by atoms with Crippen molar-refractivity contribution in [2.45, 2.75) is 67.1 Å². The summed E-state index contributed by atoms with van der Waals surface area (Å²) in [6, 6.07) is 52.3. The smallest absolute Gasteiger partial charge is 0.0774 e. The summed E-state index contributed by atoms with van der Waals surface area (Å²) in [5, 5.41) is 4.92. The van der Waals surface area contributed by atoms with E-state index in [-0.39, 0.29) is 42.1 Å². The van der Waals surface area contributed by atoms with Gasteiger partial charge in [-0.15, -0.1) is 46.8 Å². The minimum atomic E-state index is -2.18. The Hall–Kier alpha value is -5.45. The fraction of sp³-hybridized carbons (Fsp3) is 0.200. The number of imidazole rings is 1. The quantitative estimate of drug-likeness (QED) is 0.155. The van der Waals surface area contributed by atoms with Gasteiger partial charge < -0.3 is 9.55 Å². The van der Waals surface area contributed by atoms with Crippen LogP contribution in [0.25, 0.3) is 71.7 Å². The van der Waals surface area contributed by atoms with E-state index in [1.54, 1.807) is 23.5 Å². The molecule has 60 heavy (non-hydrogen) atoms. The molecule has 0 aliphatic rings. The molecule has 0 aliphatic carbocycles. The van der Waals surface area contributed by atoms with Crippen LogP contribution in [-0.2, 0) is 31.9 Å².